The zero-order valence-electron chi connectivity index (χ0n) is 48.1. The third-order valence-electron chi connectivity index (χ3n) is 15.7. The molecule has 2 unspecified atom stereocenters. The highest BCUT2D eigenvalue weighted by atomic mass is 14.3. The van der Waals surface area contributed by atoms with Crippen molar-refractivity contribution < 1.29 is 0 Å². The molecule has 9 aromatic carbocycles. The molecule has 2 aliphatic rings. The van der Waals surface area contributed by atoms with Crippen LogP contribution in [0.3, 0.4) is 0 Å². The van der Waals surface area contributed by atoms with Gasteiger partial charge in [-0.1, -0.05) is 279 Å². The maximum Gasteiger partial charge on any atom is -0.0110 e. The largest absolute Gasteiger partial charge is 0.0625 e. The molecule has 0 N–H and O–H groups in total. The van der Waals surface area contributed by atoms with Gasteiger partial charge in [0.05, 0.1) is 0 Å². The van der Waals surface area contributed by atoms with Crippen LogP contribution in [0.5, 0.6) is 0 Å². The molecule has 0 amide bonds. The summed E-state index contributed by atoms with van der Waals surface area (Å²) in [5, 5.41) is 10.9. The molecule has 0 saturated heterocycles. The standard InChI is InChI=1S/C18H18.C14H20.C14H16.C14H20.C14H16/c1-13(2)11-18-16-9-5-3-7-14(16)12-15-8-4-6-10-17(15)18;2*1-14(2,3)13-10-6-8-11-7-4-5-9-12(11)13;2*1-14(2,3)13-9-8-11-6-4-5-7-12(11)10-13/h3-10,12-13H,11H2,1-2H3;4-5,7,9,13H,6,8,10H2,1-3H3;4-10H,1-3H3;4-7,13H,8-10H2,1-3H3;4-10H,1-3H3. The lowest BCUT2D eigenvalue weighted by molar-refractivity contribution is 0.216. The second-order valence-corrected chi connectivity index (χ2v) is 26.1. The lowest BCUT2D eigenvalue weighted by atomic mass is 9.69. The van der Waals surface area contributed by atoms with Gasteiger partial charge in [0.15, 0.2) is 0 Å². The highest BCUT2D eigenvalue weighted by Crippen LogP contribution is 2.43. The van der Waals surface area contributed by atoms with Crippen molar-refractivity contribution in [1.29, 1.82) is 0 Å². The van der Waals surface area contributed by atoms with Crippen LogP contribution in [-0.4, -0.2) is 0 Å². The second kappa shape index (κ2) is 24.1. The molecule has 2 aliphatic carbocycles. The van der Waals surface area contributed by atoms with Gasteiger partial charge in [-0.15, -0.1) is 0 Å². The van der Waals surface area contributed by atoms with Crippen LogP contribution in [0.25, 0.3) is 43.1 Å². The molecule has 0 bridgehead atoms. The summed E-state index contributed by atoms with van der Waals surface area (Å²) >= 11 is 0. The molecule has 0 heterocycles. The maximum absolute atomic E-state index is 2.37. The van der Waals surface area contributed by atoms with Gasteiger partial charge in [0.2, 0.25) is 0 Å². The molecular weight excluding hydrogens is 889 g/mol. The zero-order chi connectivity index (χ0) is 53.3. The average Bonchev–Trinajstić information content (AvgIpc) is 3.37. The summed E-state index contributed by atoms with van der Waals surface area (Å²) in [7, 11) is 0. The normalized spacial score (nSPS) is 15.6. The van der Waals surface area contributed by atoms with Gasteiger partial charge in [0, 0.05) is 0 Å². The summed E-state index contributed by atoms with van der Waals surface area (Å²) in [6, 6.07) is 68.0. The van der Waals surface area contributed by atoms with Crippen molar-refractivity contribution in [2.24, 2.45) is 22.7 Å². The fourth-order valence-corrected chi connectivity index (χ4v) is 11.4. The van der Waals surface area contributed by atoms with Gasteiger partial charge in [-0.2, -0.15) is 0 Å². The van der Waals surface area contributed by atoms with E-state index in [0.29, 0.717) is 16.7 Å². The number of aryl methyl sites for hydroxylation is 2. The second-order valence-electron chi connectivity index (χ2n) is 26.1. The maximum atomic E-state index is 2.37. The van der Waals surface area contributed by atoms with E-state index in [0.717, 1.165) is 18.3 Å². The number of hydrogen-bond donors (Lipinski definition) is 0. The summed E-state index contributed by atoms with van der Waals surface area (Å²) < 4.78 is 0. The molecule has 74 heavy (non-hydrogen) atoms. The van der Waals surface area contributed by atoms with Crippen molar-refractivity contribution in [2.75, 3.05) is 0 Å². The van der Waals surface area contributed by atoms with E-state index in [2.05, 4.69) is 285 Å². The molecule has 0 nitrogen and oxygen atoms in total. The van der Waals surface area contributed by atoms with E-state index in [1.54, 1.807) is 22.3 Å². The molecule has 0 spiro atoms. The van der Waals surface area contributed by atoms with Gasteiger partial charge in [-0.25, -0.2) is 0 Å². The molecule has 0 aliphatic heterocycles. The number of rotatable bonds is 2. The number of hydrogen-bond acceptors (Lipinski definition) is 0. The van der Waals surface area contributed by atoms with Gasteiger partial charge in [0.25, 0.3) is 0 Å². The van der Waals surface area contributed by atoms with E-state index in [1.165, 1.54) is 98.3 Å². The van der Waals surface area contributed by atoms with Crippen molar-refractivity contribution in [3.63, 3.8) is 0 Å². The predicted molar refractivity (Wildman–Crippen MR) is 328 cm³/mol. The molecule has 9 aromatic rings. The Labute approximate surface area is 449 Å². The highest BCUT2D eigenvalue weighted by molar-refractivity contribution is 6.02. The first-order valence-corrected chi connectivity index (χ1v) is 28.1. The highest BCUT2D eigenvalue weighted by Gasteiger charge is 2.30. The van der Waals surface area contributed by atoms with E-state index in [4.69, 9.17) is 0 Å². The van der Waals surface area contributed by atoms with Crippen molar-refractivity contribution in [2.45, 2.75) is 159 Å². The Morgan fingerprint density at radius 3 is 1.50 bits per heavy atom. The van der Waals surface area contributed by atoms with E-state index >= 15 is 0 Å². The molecule has 386 valence electrons. The first kappa shape index (κ1) is 55.8. The lowest BCUT2D eigenvalue weighted by Gasteiger charge is -2.35. The molecule has 0 radical (unpaired) electrons. The molecule has 11 rings (SSSR count). The predicted octanol–water partition coefficient (Wildman–Crippen LogP) is 21.5. The van der Waals surface area contributed by atoms with Gasteiger partial charge >= 0.3 is 0 Å². The SMILES string of the molecule is CC(C)(C)C1CCCc2ccccc21.CC(C)(C)C1CCc2ccccc2C1.CC(C)(C)c1ccc2ccccc2c1.CC(C)(C)c1cccc2ccccc12.CC(C)Cc1c2ccccc2cc2ccccc12. The Bertz CT molecular complexity index is 3160. The third-order valence-corrected chi connectivity index (χ3v) is 15.7. The van der Waals surface area contributed by atoms with Crippen LogP contribution in [-0.2, 0) is 36.5 Å². The summed E-state index contributed by atoms with van der Waals surface area (Å²) in [6.07, 6.45) is 9.06. The van der Waals surface area contributed by atoms with Gasteiger partial charge in [0.1, 0.15) is 0 Å². The Kier molecular flexibility index (Phi) is 18.2. The third kappa shape index (κ3) is 14.7. The minimum Gasteiger partial charge on any atom is -0.0625 e. The molecular formula is C74H90. The Hall–Kier alpha value is -5.98. The molecule has 2 atom stereocenters. The van der Waals surface area contributed by atoms with Crippen molar-refractivity contribution in [3.05, 3.63) is 227 Å². The van der Waals surface area contributed by atoms with Crippen LogP contribution < -0.4 is 0 Å². The lowest BCUT2D eigenvalue weighted by Crippen LogP contribution is -2.26. The monoisotopic (exact) mass is 979 g/mol. The smallest absolute Gasteiger partial charge is 0.0110 e. The summed E-state index contributed by atoms with van der Waals surface area (Å²) in [4.78, 5) is 0. The Balaban J connectivity index is 0.000000136. The molecule has 0 fully saturated rings. The topological polar surface area (TPSA) is 0 Å². The summed E-state index contributed by atoms with van der Waals surface area (Å²) in [5.74, 6) is 2.30. The minimum absolute atomic E-state index is 0.223. The fraction of sp³-hybridized carbons (Fsp3) is 0.378. The zero-order valence-corrected chi connectivity index (χ0v) is 48.1. The van der Waals surface area contributed by atoms with Crippen molar-refractivity contribution in [3.8, 4) is 0 Å². The molecule has 0 aromatic heterocycles. The van der Waals surface area contributed by atoms with E-state index in [9.17, 15) is 0 Å². The van der Waals surface area contributed by atoms with Crippen LogP contribution in [0.1, 0.15) is 161 Å². The van der Waals surface area contributed by atoms with Gasteiger partial charge in [-0.3, -0.25) is 0 Å². The average molecular weight is 980 g/mol. The summed E-state index contributed by atoms with van der Waals surface area (Å²) in [5.41, 5.74) is 12.0. The molecule has 0 saturated carbocycles. The minimum atomic E-state index is 0.223. The van der Waals surface area contributed by atoms with Crippen LogP contribution in [0, 0.1) is 22.7 Å². The van der Waals surface area contributed by atoms with Crippen molar-refractivity contribution >= 4 is 43.1 Å². The van der Waals surface area contributed by atoms with E-state index in [-0.39, 0.29) is 10.8 Å². The Morgan fingerprint density at radius 1 is 0.405 bits per heavy atom. The van der Waals surface area contributed by atoms with Crippen LogP contribution >= 0.6 is 0 Å². The van der Waals surface area contributed by atoms with Crippen LogP contribution in [0.2, 0.25) is 0 Å². The summed E-state index contributed by atoms with van der Waals surface area (Å²) in [6.45, 7) is 32.3. The van der Waals surface area contributed by atoms with Gasteiger partial charge in [-0.05, 0) is 172 Å². The first-order valence-electron chi connectivity index (χ1n) is 28.1. The number of fused-ring (bicyclic) bond motifs is 6. The van der Waals surface area contributed by atoms with Crippen LogP contribution in [0.15, 0.2) is 188 Å². The van der Waals surface area contributed by atoms with E-state index < -0.39 is 0 Å². The fourth-order valence-electron chi connectivity index (χ4n) is 11.4. The van der Waals surface area contributed by atoms with Gasteiger partial charge < -0.3 is 0 Å². The first-order chi connectivity index (χ1) is 35.1. The number of benzene rings is 9. The Morgan fingerprint density at radius 2 is 0.919 bits per heavy atom. The quantitative estimate of drug-likeness (QED) is 0.151. The van der Waals surface area contributed by atoms with Crippen molar-refractivity contribution in [1.82, 2.24) is 0 Å². The molecule has 0 heteroatoms. The van der Waals surface area contributed by atoms with Crippen LogP contribution in [0.4, 0.5) is 0 Å². The van der Waals surface area contributed by atoms with E-state index in [1.807, 2.05) is 0 Å².